The number of methoxy groups -OCH3 is 1. The molecule has 5 heteroatoms. The molecule has 1 aliphatic heterocycles. The highest BCUT2D eigenvalue weighted by Gasteiger charge is 2.56. The van der Waals surface area contributed by atoms with Gasteiger partial charge in [-0.05, 0) is 67.4 Å². The highest BCUT2D eigenvalue weighted by atomic mass is 16.5. The molecule has 0 radical (unpaired) electrons. The number of benzene rings is 1. The summed E-state index contributed by atoms with van der Waals surface area (Å²) in [6.45, 7) is 4.96. The van der Waals surface area contributed by atoms with Gasteiger partial charge in [0.2, 0.25) is 11.8 Å². The molecule has 27 heavy (non-hydrogen) atoms. The van der Waals surface area contributed by atoms with Crippen molar-refractivity contribution in [3.63, 3.8) is 0 Å². The van der Waals surface area contributed by atoms with Crippen LogP contribution in [-0.2, 0) is 22.4 Å². The Labute approximate surface area is 160 Å². The van der Waals surface area contributed by atoms with E-state index in [0.717, 1.165) is 44.4 Å². The number of nitrogens with zero attached hydrogens (tertiary/aromatic N) is 1. The minimum atomic E-state index is -0.139. The van der Waals surface area contributed by atoms with Crippen LogP contribution in [0.25, 0.3) is 0 Å². The molecule has 4 rings (SSSR count). The number of hydrogen-bond acceptors (Lipinski definition) is 3. The second-order valence-corrected chi connectivity index (χ2v) is 8.35. The zero-order chi connectivity index (χ0) is 19.0. The molecule has 2 amide bonds. The van der Waals surface area contributed by atoms with Gasteiger partial charge in [0.15, 0.2) is 0 Å². The summed E-state index contributed by atoms with van der Waals surface area (Å²) in [5, 5.41) is 3.03. The van der Waals surface area contributed by atoms with Crippen LogP contribution in [0.5, 0.6) is 5.75 Å². The van der Waals surface area contributed by atoms with E-state index >= 15 is 0 Å². The Kier molecular flexibility index (Phi) is 4.70. The van der Waals surface area contributed by atoms with Gasteiger partial charge >= 0.3 is 0 Å². The molecule has 2 unspecified atom stereocenters. The Morgan fingerprint density at radius 2 is 2.19 bits per heavy atom. The van der Waals surface area contributed by atoms with Crippen molar-refractivity contribution in [2.75, 3.05) is 20.2 Å². The van der Waals surface area contributed by atoms with E-state index in [9.17, 15) is 9.59 Å². The highest BCUT2D eigenvalue weighted by Crippen LogP contribution is 2.53. The molecule has 2 atom stereocenters. The van der Waals surface area contributed by atoms with Crippen LogP contribution in [0.4, 0.5) is 0 Å². The Hall–Kier alpha value is -2.30. The predicted octanol–water partition coefficient (Wildman–Crippen LogP) is 2.48. The van der Waals surface area contributed by atoms with E-state index < -0.39 is 0 Å². The van der Waals surface area contributed by atoms with Gasteiger partial charge in [0.05, 0.1) is 13.2 Å². The first-order chi connectivity index (χ1) is 13.0. The lowest BCUT2D eigenvalue weighted by Gasteiger charge is -2.26. The van der Waals surface area contributed by atoms with Gasteiger partial charge in [-0.15, -0.1) is 0 Å². The van der Waals surface area contributed by atoms with Gasteiger partial charge in [-0.2, -0.15) is 0 Å². The van der Waals surface area contributed by atoms with Crippen LogP contribution in [0.3, 0.4) is 0 Å². The first-order valence-electron chi connectivity index (χ1n) is 9.89. The highest BCUT2D eigenvalue weighted by molar-refractivity contribution is 5.87. The van der Waals surface area contributed by atoms with Crippen molar-refractivity contribution in [2.24, 2.45) is 11.3 Å². The van der Waals surface area contributed by atoms with Gasteiger partial charge < -0.3 is 15.0 Å². The number of likely N-dealkylation sites (tertiary alicyclic amines) is 1. The molecule has 3 aliphatic rings. The van der Waals surface area contributed by atoms with E-state index in [0.29, 0.717) is 18.9 Å². The summed E-state index contributed by atoms with van der Waals surface area (Å²) < 4.78 is 5.31. The first-order valence-corrected chi connectivity index (χ1v) is 9.89. The predicted molar refractivity (Wildman–Crippen MR) is 104 cm³/mol. The van der Waals surface area contributed by atoms with Crippen LogP contribution in [0, 0.1) is 11.3 Å². The molecule has 1 aromatic rings. The molecule has 1 aromatic carbocycles. The van der Waals surface area contributed by atoms with E-state index in [-0.39, 0.29) is 23.3 Å². The molecule has 144 valence electrons. The maximum Gasteiger partial charge on any atom is 0.243 e. The van der Waals surface area contributed by atoms with Gasteiger partial charge in [0, 0.05) is 24.9 Å². The van der Waals surface area contributed by atoms with Crippen molar-refractivity contribution in [1.82, 2.24) is 10.2 Å². The average Bonchev–Trinajstić information content (AvgIpc) is 3.37. The summed E-state index contributed by atoms with van der Waals surface area (Å²) in [6.07, 6.45) is 7.11. The van der Waals surface area contributed by atoms with E-state index in [1.807, 2.05) is 11.0 Å². The van der Waals surface area contributed by atoms with Crippen LogP contribution in [0.15, 0.2) is 30.9 Å². The fraction of sp³-hybridized carbons (Fsp3) is 0.545. The zero-order valence-corrected chi connectivity index (χ0v) is 16.0. The number of hydrogen-bond donors (Lipinski definition) is 1. The second kappa shape index (κ2) is 7.02. The fourth-order valence-corrected chi connectivity index (χ4v) is 4.74. The van der Waals surface area contributed by atoms with Crippen LogP contribution in [0.2, 0.25) is 0 Å². The van der Waals surface area contributed by atoms with Crippen molar-refractivity contribution < 1.29 is 14.3 Å². The van der Waals surface area contributed by atoms with Gasteiger partial charge in [0.1, 0.15) is 5.75 Å². The maximum absolute atomic E-state index is 12.9. The lowest BCUT2D eigenvalue weighted by Crippen LogP contribution is -2.41. The molecule has 5 nitrogen and oxygen atoms in total. The van der Waals surface area contributed by atoms with Crippen LogP contribution < -0.4 is 10.1 Å². The van der Waals surface area contributed by atoms with Gasteiger partial charge in [0.25, 0.3) is 0 Å². The maximum atomic E-state index is 12.9. The molecule has 2 fully saturated rings. The number of amides is 2. The monoisotopic (exact) mass is 368 g/mol. The SMILES string of the molecule is C=CC(=O)NC1CN(C(=O)CC2CCc3cc(OC)ccc3C2)CC12CC2. The largest absolute Gasteiger partial charge is 0.497 e. The van der Waals surface area contributed by atoms with Crippen LogP contribution in [-0.4, -0.2) is 43.0 Å². The molecule has 1 heterocycles. The molecule has 1 spiro atoms. The van der Waals surface area contributed by atoms with Gasteiger partial charge in [-0.25, -0.2) is 0 Å². The third kappa shape index (κ3) is 3.60. The number of carbonyl (C=O) groups is 2. The van der Waals surface area contributed by atoms with Crippen molar-refractivity contribution in [1.29, 1.82) is 0 Å². The summed E-state index contributed by atoms with van der Waals surface area (Å²) in [4.78, 5) is 26.6. The number of rotatable bonds is 5. The van der Waals surface area contributed by atoms with Crippen LogP contribution in [0.1, 0.15) is 36.8 Å². The molecule has 1 saturated carbocycles. The quantitative estimate of drug-likeness (QED) is 0.813. The summed E-state index contributed by atoms with van der Waals surface area (Å²) in [7, 11) is 1.69. The first kappa shape index (κ1) is 18.1. The van der Waals surface area contributed by atoms with Crippen molar-refractivity contribution in [2.45, 2.75) is 44.6 Å². The summed E-state index contributed by atoms with van der Waals surface area (Å²) in [5.74, 6) is 1.40. The molecule has 0 aromatic heterocycles. The number of nitrogens with one attached hydrogen (secondary N) is 1. The fourth-order valence-electron chi connectivity index (χ4n) is 4.74. The molecule has 0 bridgehead atoms. The van der Waals surface area contributed by atoms with Gasteiger partial charge in [-0.1, -0.05) is 12.6 Å². The van der Waals surface area contributed by atoms with Crippen molar-refractivity contribution >= 4 is 11.8 Å². The Bertz CT molecular complexity index is 769. The number of fused-ring (bicyclic) bond motifs is 1. The second-order valence-electron chi connectivity index (χ2n) is 8.35. The minimum Gasteiger partial charge on any atom is -0.497 e. The lowest BCUT2D eigenvalue weighted by molar-refractivity contribution is -0.131. The number of aryl methyl sites for hydroxylation is 1. The summed E-state index contributed by atoms with van der Waals surface area (Å²) in [6, 6.07) is 6.34. The Balaban J connectivity index is 1.36. The topological polar surface area (TPSA) is 58.6 Å². The molecule has 1 saturated heterocycles. The van der Waals surface area contributed by atoms with E-state index in [2.05, 4.69) is 24.0 Å². The third-order valence-corrected chi connectivity index (χ3v) is 6.60. The van der Waals surface area contributed by atoms with Crippen LogP contribution >= 0.6 is 0 Å². The average molecular weight is 368 g/mol. The molecular weight excluding hydrogens is 340 g/mol. The Morgan fingerprint density at radius 1 is 1.37 bits per heavy atom. The molecular formula is C22H28N2O3. The number of carbonyl (C=O) groups excluding carboxylic acids is 2. The Morgan fingerprint density at radius 3 is 2.89 bits per heavy atom. The van der Waals surface area contributed by atoms with E-state index in [1.54, 1.807) is 7.11 Å². The molecule has 1 N–H and O–H groups in total. The molecule has 2 aliphatic carbocycles. The smallest absolute Gasteiger partial charge is 0.243 e. The zero-order valence-electron chi connectivity index (χ0n) is 16.0. The standard InChI is InChI=1S/C22H28N2O3/c1-3-20(25)23-19-13-24(14-22(19)8-9-22)21(26)11-15-4-5-17-12-18(27-2)7-6-16(17)10-15/h3,6-7,12,15,19H,1,4-5,8-11,13-14H2,2H3,(H,23,25). The summed E-state index contributed by atoms with van der Waals surface area (Å²) >= 11 is 0. The van der Waals surface area contributed by atoms with Gasteiger partial charge in [-0.3, -0.25) is 9.59 Å². The van der Waals surface area contributed by atoms with Crippen molar-refractivity contribution in [3.8, 4) is 5.75 Å². The van der Waals surface area contributed by atoms with E-state index in [4.69, 9.17) is 4.74 Å². The summed E-state index contributed by atoms with van der Waals surface area (Å²) in [5.41, 5.74) is 2.81. The third-order valence-electron chi connectivity index (χ3n) is 6.60. The van der Waals surface area contributed by atoms with E-state index in [1.165, 1.54) is 17.2 Å². The lowest BCUT2D eigenvalue weighted by atomic mass is 9.82. The minimum absolute atomic E-state index is 0.0755. The number of ether oxygens (including phenoxy) is 1. The van der Waals surface area contributed by atoms with Crippen molar-refractivity contribution in [3.05, 3.63) is 42.0 Å². The normalized spacial score (nSPS) is 25.0.